The van der Waals surface area contributed by atoms with Crippen LogP contribution >= 0.6 is 0 Å². The van der Waals surface area contributed by atoms with E-state index in [-0.39, 0.29) is 17.5 Å². The maximum atomic E-state index is 13.6. The third-order valence-electron chi connectivity index (χ3n) is 15.3. The van der Waals surface area contributed by atoms with E-state index in [9.17, 15) is 4.79 Å². The highest BCUT2D eigenvalue weighted by Crippen LogP contribution is 2.67. The molecule has 0 unspecified atom stereocenters. The molecule has 4 aliphatic carbocycles. The number of esters is 1. The Morgan fingerprint density at radius 3 is 2.11 bits per heavy atom. The van der Waals surface area contributed by atoms with Crippen molar-refractivity contribution in [2.75, 3.05) is 26.2 Å². The Morgan fingerprint density at radius 1 is 0.778 bits per heavy atom. The number of hydrogen-bond acceptors (Lipinski definition) is 4. The molecule has 4 nitrogen and oxygen atoms in total. The normalized spacial score (nSPS) is 29.8. The monoisotopic (exact) mass is 737 g/mol. The van der Waals surface area contributed by atoms with Crippen molar-refractivity contribution in [3.63, 3.8) is 0 Å². The lowest BCUT2D eigenvalue weighted by atomic mass is 9.47. The molecular formula is C50H76N2O2. The predicted molar refractivity (Wildman–Crippen MR) is 226 cm³/mol. The van der Waals surface area contributed by atoms with Gasteiger partial charge in [0.15, 0.2) is 0 Å². The Hall–Kier alpha value is -2.43. The Kier molecular flexibility index (Phi) is 14.6. The summed E-state index contributed by atoms with van der Waals surface area (Å²) < 4.78 is 6.36. The molecule has 8 atom stereocenters. The number of nitrogens with zero attached hydrogens (tertiary/aromatic N) is 2. The number of allylic oxidation sites excluding steroid dienone is 1. The van der Waals surface area contributed by atoms with Crippen molar-refractivity contribution in [2.45, 2.75) is 151 Å². The highest BCUT2D eigenvalue weighted by Gasteiger charge is 2.59. The van der Waals surface area contributed by atoms with E-state index in [1.165, 1.54) is 81.8 Å². The van der Waals surface area contributed by atoms with Crippen LogP contribution in [0.5, 0.6) is 0 Å². The molecule has 0 aliphatic heterocycles. The number of fused-ring (bicyclic) bond motifs is 5. The lowest BCUT2D eigenvalue weighted by Gasteiger charge is -2.58. The fraction of sp³-hybridized carbons (Fsp3) is 0.700. The van der Waals surface area contributed by atoms with Crippen LogP contribution in [0.3, 0.4) is 0 Å². The molecule has 4 heteroatoms. The van der Waals surface area contributed by atoms with Crippen LogP contribution in [-0.4, -0.2) is 48.1 Å². The minimum atomic E-state index is -0.0400. The van der Waals surface area contributed by atoms with Gasteiger partial charge < -0.3 is 4.74 Å². The Morgan fingerprint density at radius 2 is 1.44 bits per heavy atom. The molecular weight excluding hydrogens is 661 g/mol. The fourth-order valence-corrected chi connectivity index (χ4v) is 12.3. The molecule has 3 fully saturated rings. The molecule has 0 heterocycles. The molecule has 0 bridgehead atoms. The van der Waals surface area contributed by atoms with Gasteiger partial charge in [0.2, 0.25) is 0 Å². The van der Waals surface area contributed by atoms with E-state index in [2.05, 4.69) is 118 Å². The summed E-state index contributed by atoms with van der Waals surface area (Å²) in [5.74, 6) is 5.07. The quantitative estimate of drug-likeness (QED) is 0.0817. The number of unbranched alkanes of at least 4 members (excludes halogenated alkanes) is 2. The molecule has 54 heavy (non-hydrogen) atoms. The van der Waals surface area contributed by atoms with Crippen LogP contribution < -0.4 is 0 Å². The summed E-state index contributed by atoms with van der Waals surface area (Å²) in [6.45, 7) is 20.2. The second-order valence-corrected chi connectivity index (χ2v) is 19.3. The van der Waals surface area contributed by atoms with Crippen molar-refractivity contribution in [1.82, 2.24) is 9.80 Å². The van der Waals surface area contributed by atoms with Crippen LogP contribution in [-0.2, 0) is 22.6 Å². The summed E-state index contributed by atoms with van der Waals surface area (Å²) >= 11 is 0. The summed E-state index contributed by atoms with van der Waals surface area (Å²) in [6, 6.07) is 21.4. The van der Waals surface area contributed by atoms with Gasteiger partial charge in [0.1, 0.15) is 6.10 Å². The van der Waals surface area contributed by atoms with Gasteiger partial charge in [-0.1, -0.05) is 140 Å². The van der Waals surface area contributed by atoms with Crippen LogP contribution in [0.2, 0.25) is 0 Å². The smallest absolute Gasteiger partial charge is 0.320 e. The summed E-state index contributed by atoms with van der Waals surface area (Å²) in [6.07, 6.45) is 20.4. The molecule has 0 saturated heterocycles. The summed E-state index contributed by atoms with van der Waals surface area (Å²) in [7, 11) is 0. The molecule has 298 valence electrons. The highest BCUT2D eigenvalue weighted by molar-refractivity contribution is 5.72. The number of carbonyl (C=O) groups excluding carboxylic acids is 1. The van der Waals surface area contributed by atoms with Gasteiger partial charge in [-0.3, -0.25) is 14.6 Å². The largest absolute Gasteiger partial charge is 0.461 e. The van der Waals surface area contributed by atoms with Crippen LogP contribution in [0, 0.1) is 46.3 Å². The number of ether oxygens (including phenoxy) is 1. The number of carbonyl (C=O) groups is 1. The lowest BCUT2D eigenvalue weighted by Crippen LogP contribution is -2.51. The number of hydrogen-bond donors (Lipinski definition) is 0. The van der Waals surface area contributed by atoms with Gasteiger partial charge in [-0.2, -0.15) is 0 Å². The van der Waals surface area contributed by atoms with Crippen molar-refractivity contribution >= 4 is 5.97 Å². The van der Waals surface area contributed by atoms with Crippen LogP contribution in [0.4, 0.5) is 0 Å². The zero-order chi connectivity index (χ0) is 38.1. The Balaban J connectivity index is 0.998. The van der Waals surface area contributed by atoms with Crippen molar-refractivity contribution in [2.24, 2.45) is 46.3 Å². The minimum Gasteiger partial charge on any atom is -0.461 e. The topological polar surface area (TPSA) is 32.8 Å². The SMILES string of the molecule is CCN(CCCCCN(CC(=O)O[C@H]1CC[C@@]2(C)C(=CC[C@H]3[C@@H]4CC[C@H]([C@H](C)CCCC(C)C)[C@@]4(C)CC[C@@H]32)C1)Cc1ccccc1)Cc1ccccc1. The van der Waals surface area contributed by atoms with Gasteiger partial charge in [-0.05, 0) is 135 Å². The molecule has 0 amide bonds. The second-order valence-electron chi connectivity index (χ2n) is 19.3. The molecule has 4 aliphatic rings. The van der Waals surface area contributed by atoms with Gasteiger partial charge >= 0.3 is 5.97 Å². The van der Waals surface area contributed by atoms with Crippen LogP contribution in [0.25, 0.3) is 0 Å². The molecule has 3 saturated carbocycles. The summed E-state index contributed by atoms with van der Waals surface area (Å²) in [5.41, 5.74) is 5.06. The molecule has 0 spiro atoms. The predicted octanol–water partition coefficient (Wildman–Crippen LogP) is 12.1. The third-order valence-corrected chi connectivity index (χ3v) is 15.3. The van der Waals surface area contributed by atoms with E-state index in [0.717, 1.165) is 87.5 Å². The van der Waals surface area contributed by atoms with E-state index in [1.54, 1.807) is 5.57 Å². The van der Waals surface area contributed by atoms with Crippen molar-refractivity contribution < 1.29 is 9.53 Å². The van der Waals surface area contributed by atoms with Crippen LogP contribution in [0.15, 0.2) is 72.3 Å². The maximum Gasteiger partial charge on any atom is 0.320 e. The van der Waals surface area contributed by atoms with Crippen molar-refractivity contribution in [3.8, 4) is 0 Å². The Bertz CT molecular complexity index is 1470. The summed E-state index contributed by atoms with van der Waals surface area (Å²) in [4.78, 5) is 18.5. The highest BCUT2D eigenvalue weighted by atomic mass is 16.5. The van der Waals surface area contributed by atoms with Crippen molar-refractivity contribution in [3.05, 3.63) is 83.4 Å². The van der Waals surface area contributed by atoms with Gasteiger partial charge in [-0.15, -0.1) is 0 Å². The number of rotatable bonds is 19. The minimum absolute atomic E-state index is 0.0213. The molecule has 6 rings (SSSR count). The molecule has 0 radical (unpaired) electrons. The first-order chi connectivity index (χ1) is 26.1. The van der Waals surface area contributed by atoms with E-state index in [0.29, 0.717) is 12.0 Å². The third kappa shape index (κ3) is 10.1. The first-order valence-corrected chi connectivity index (χ1v) is 22.5. The fourth-order valence-electron chi connectivity index (χ4n) is 12.3. The average molecular weight is 737 g/mol. The van der Waals surface area contributed by atoms with E-state index in [4.69, 9.17) is 4.74 Å². The number of benzene rings is 2. The van der Waals surface area contributed by atoms with Gasteiger partial charge in [0.25, 0.3) is 0 Å². The average Bonchev–Trinajstić information content (AvgIpc) is 3.52. The zero-order valence-corrected chi connectivity index (χ0v) is 35.2. The van der Waals surface area contributed by atoms with Gasteiger partial charge in [0.05, 0.1) is 6.54 Å². The zero-order valence-electron chi connectivity index (χ0n) is 35.2. The van der Waals surface area contributed by atoms with E-state index >= 15 is 0 Å². The summed E-state index contributed by atoms with van der Waals surface area (Å²) in [5, 5.41) is 0. The molecule has 2 aromatic rings. The van der Waals surface area contributed by atoms with Crippen molar-refractivity contribution in [1.29, 1.82) is 0 Å². The molecule has 0 aromatic heterocycles. The van der Waals surface area contributed by atoms with E-state index in [1.807, 2.05) is 0 Å². The lowest BCUT2D eigenvalue weighted by molar-refractivity contribution is -0.153. The molecule has 0 N–H and O–H groups in total. The standard InChI is InChI=1S/C50H76N2O2/c1-7-51(35-40-20-11-8-12-21-40)32-15-10-16-33-52(36-41-22-13-9-14-23-41)37-48(53)54-43-28-30-49(5)42(34-43)24-25-44-46-27-26-45(39(4)19-17-18-38(2)3)50(46,6)31-29-47(44)49/h8-9,11-14,20-24,38-39,43-47H,7,10,15-19,25-37H2,1-6H3/t39-,43+,44+,45-,46+,47+,49+,50-/m1/s1. The van der Waals surface area contributed by atoms with Gasteiger partial charge in [-0.25, -0.2) is 0 Å². The molecule has 2 aromatic carbocycles. The first kappa shape index (κ1) is 41.2. The van der Waals surface area contributed by atoms with Gasteiger partial charge in [0, 0.05) is 19.5 Å². The second kappa shape index (κ2) is 19.1. The first-order valence-electron chi connectivity index (χ1n) is 22.5. The maximum absolute atomic E-state index is 13.6. The van der Waals surface area contributed by atoms with Crippen LogP contribution in [0.1, 0.15) is 143 Å². The van der Waals surface area contributed by atoms with E-state index < -0.39 is 0 Å². The Labute approximate surface area is 330 Å².